The fraction of sp³-hybridized carbons (Fsp3) is 0.267. The van der Waals surface area contributed by atoms with Crippen LogP contribution < -0.4 is 14.5 Å². The molecule has 6 rings (SSSR count). The molecule has 0 radical (unpaired) electrons. The number of nitrogens with zero attached hydrogens (tertiary/aromatic N) is 6. The second kappa shape index (κ2) is 9.98. The Kier molecular flexibility index (Phi) is 6.59. The van der Waals surface area contributed by atoms with Gasteiger partial charge < -0.3 is 19.4 Å². The Morgan fingerprint density at radius 3 is 2.05 bits per heavy atom. The van der Waals surface area contributed by atoms with Crippen LogP contribution in [0.25, 0.3) is 0 Å². The van der Waals surface area contributed by atoms with Crippen molar-refractivity contribution in [3.63, 3.8) is 0 Å². The Labute approximate surface area is 248 Å². The lowest BCUT2D eigenvalue weighted by atomic mass is 9.53. The first-order valence-electron chi connectivity index (χ1n) is 12.7. The van der Waals surface area contributed by atoms with Crippen molar-refractivity contribution < 1.29 is 4.74 Å². The average Bonchev–Trinajstić information content (AvgIpc) is 3.00. The number of amidine groups is 1. The molecule has 3 heterocycles. The summed E-state index contributed by atoms with van der Waals surface area (Å²) in [4.78, 5) is 11.5. The largest absolute Gasteiger partial charge is 0.496 e. The summed E-state index contributed by atoms with van der Waals surface area (Å²) in [7, 11) is 1.60. The van der Waals surface area contributed by atoms with E-state index in [0.29, 0.717) is 53.0 Å². The van der Waals surface area contributed by atoms with Gasteiger partial charge in [-0.2, -0.15) is 10.5 Å². The molecule has 7 nitrogen and oxygen atoms in total. The first-order valence-corrected chi connectivity index (χ1v) is 13.9. The molecule has 10 heteroatoms. The maximum atomic E-state index is 11.1. The first kappa shape index (κ1) is 26.4. The molecule has 3 aromatic carbocycles. The van der Waals surface area contributed by atoms with Crippen LogP contribution in [-0.4, -0.2) is 49.3 Å². The highest BCUT2D eigenvalue weighted by molar-refractivity contribution is 7.80. The summed E-state index contributed by atoms with van der Waals surface area (Å²) in [5.41, 5.74) is 0.120. The van der Waals surface area contributed by atoms with Crippen LogP contribution in [0.1, 0.15) is 11.5 Å². The zero-order valence-corrected chi connectivity index (χ0v) is 23.9. The monoisotopic (exact) mass is 586 g/mol. The van der Waals surface area contributed by atoms with Gasteiger partial charge in [0.2, 0.25) is 0 Å². The van der Waals surface area contributed by atoms with Gasteiger partial charge in [-0.05, 0) is 54.6 Å². The topological polar surface area (TPSA) is 78.9 Å². The van der Waals surface area contributed by atoms with E-state index >= 15 is 0 Å². The molecular formula is C30H24Cl2N6OS. The molecule has 3 aliphatic heterocycles. The molecule has 0 N–H and O–H groups in total. The van der Waals surface area contributed by atoms with E-state index in [1.165, 1.54) is 0 Å². The van der Waals surface area contributed by atoms with E-state index < -0.39 is 16.7 Å². The summed E-state index contributed by atoms with van der Waals surface area (Å²) >= 11 is 18.5. The first-order chi connectivity index (χ1) is 19.4. The van der Waals surface area contributed by atoms with Crippen LogP contribution >= 0.6 is 35.4 Å². The number of aliphatic imine (C=N–C) groups is 1. The SMILES string of the molecule is COc1ccccc1[C@H]1[C@@]2(C#N)CN(c3ccc(Cl)cc3)C[C@@]1(C#N)C1=NCN(c3ccc(Cl)cc3)CN1C2=S. The van der Waals surface area contributed by atoms with E-state index in [0.717, 1.165) is 16.9 Å². The highest BCUT2D eigenvalue weighted by Crippen LogP contribution is 2.60. The molecule has 2 saturated heterocycles. The summed E-state index contributed by atoms with van der Waals surface area (Å²) in [6.07, 6.45) is 0. The molecule has 3 atom stereocenters. The highest BCUT2D eigenvalue weighted by atomic mass is 35.5. The van der Waals surface area contributed by atoms with E-state index in [9.17, 15) is 10.5 Å². The Balaban J connectivity index is 1.56. The molecule has 0 unspecified atom stereocenters. The summed E-state index contributed by atoms with van der Waals surface area (Å²) in [5.74, 6) is 0.590. The number of rotatable bonds is 4. The Hall–Kier alpha value is -3.82. The second-order valence-electron chi connectivity index (χ2n) is 10.2. The number of anilines is 2. The van der Waals surface area contributed by atoms with Crippen LogP contribution in [0.5, 0.6) is 5.75 Å². The molecule has 0 saturated carbocycles. The summed E-state index contributed by atoms with van der Waals surface area (Å²) < 4.78 is 5.76. The third-order valence-corrected chi connectivity index (χ3v) is 9.17. The van der Waals surface area contributed by atoms with Crippen molar-refractivity contribution in [2.75, 3.05) is 43.3 Å². The second-order valence-corrected chi connectivity index (χ2v) is 11.4. The van der Waals surface area contributed by atoms with Gasteiger partial charge in [0.1, 0.15) is 34.1 Å². The fourth-order valence-electron chi connectivity index (χ4n) is 6.34. The number of halogens is 2. The van der Waals surface area contributed by atoms with Crippen LogP contribution in [0.4, 0.5) is 11.4 Å². The van der Waals surface area contributed by atoms with E-state index in [2.05, 4.69) is 21.9 Å². The normalized spacial score (nSPS) is 25.4. The van der Waals surface area contributed by atoms with Gasteiger partial charge in [0.05, 0.1) is 25.9 Å². The third kappa shape index (κ3) is 3.90. The van der Waals surface area contributed by atoms with Crippen molar-refractivity contribution in [3.05, 3.63) is 88.4 Å². The van der Waals surface area contributed by atoms with Gasteiger partial charge in [-0.15, -0.1) is 0 Å². The van der Waals surface area contributed by atoms with E-state index in [1.807, 2.05) is 77.7 Å². The van der Waals surface area contributed by atoms with Crippen LogP contribution in [0, 0.1) is 33.5 Å². The Morgan fingerprint density at radius 1 is 0.875 bits per heavy atom. The van der Waals surface area contributed by atoms with Crippen LogP contribution in [0.15, 0.2) is 77.8 Å². The number of thiocarbonyl (C=S) groups is 1. The van der Waals surface area contributed by atoms with Gasteiger partial charge in [-0.3, -0.25) is 0 Å². The number of ether oxygens (including phenoxy) is 1. The van der Waals surface area contributed by atoms with Gasteiger partial charge in [0.15, 0.2) is 0 Å². The zero-order valence-electron chi connectivity index (χ0n) is 21.6. The quantitative estimate of drug-likeness (QED) is 0.341. The van der Waals surface area contributed by atoms with Crippen LogP contribution in [0.2, 0.25) is 10.0 Å². The number of hydrogen-bond acceptors (Lipinski definition) is 7. The number of methoxy groups -OCH3 is 1. The number of para-hydroxylation sites is 1. The van der Waals surface area contributed by atoms with Crippen LogP contribution in [-0.2, 0) is 0 Å². The van der Waals surface area contributed by atoms with Crippen molar-refractivity contribution in [1.29, 1.82) is 10.5 Å². The molecule has 0 amide bonds. The minimum atomic E-state index is -1.24. The number of hydrogen-bond donors (Lipinski definition) is 0. The van der Waals surface area contributed by atoms with E-state index in [4.69, 9.17) is 45.1 Å². The molecule has 0 aliphatic carbocycles. The van der Waals surface area contributed by atoms with E-state index in [-0.39, 0.29) is 0 Å². The minimum absolute atomic E-state index is 0.292. The third-order valence-electron chi connectivity index (χ3n) is 8.08. The fourth-order valence-corrected chi connectivity index (χ4v) is 6.96. The number of piperidine rings is 2. The number of nitriles is 2. The molecular weight excluding hydrogens is 563 g/mol. The summed E-state index contributed by atoms with van der Waals surface area (Å²) in [5, 5.41) is 23.4. The molecule has 2 bridgehead atoms. The lowest BCUT2D eigenvalue weighted by molar-refractivity contribution is 0.202. The molecule has 3 aliphatic rings. The number of benzene rings is 3. The summed E-state index contributed by atoms with van der Waals surface area (Å²) in [6.45, 7) is 1.31. The van der Waals surface area contributed by atoms with Crippen molar-refractivity contribution in [3.8, 4) is 17.9 Å². The van der Waals surface area contributed by atoms with Crippen molar-refractivity contribution in [2.24, 2.45) is 15.8 Å². The predicted octanol–water partition coefficient (Wildman–Crippen LogP) is 6.10. The highest BCUT2D eigenvalue weighted by Gasteiger charge is 2.68. The maximum Gasteiger partial charge on any atom is 0.141 e. The molecule has 3 aromatic rings. The number of fused-ring (bicyclic) bond motifs is 4. The van der Waals surface area contributed by atoms with Gasteiger partial charge >= 0.3 is 0 Å². The lowest BCUT2D eigenvalue weighted by Crippen LogP contribution is -2.73. The van der Waals surface area contributed by atoms with Gasteiger partial charge in [0.25, 0.3) is 0 Å². The van der Waals surface area contributed by atoms with Crippen LogP contribution in [0.3, 0.4) is 0 Å². The maximum absolute atomic E-state index is 11.1. The van der Waals surface area contributed by atoms with Gasteiger partial charge in [-0.1, -0.05) is 53.6 Å². The Morgan fingerprint density at radius 2 is 1.45 bits per heavy atom. The van der Waals surface area contributed by atoms with E-state index in [1.54, 1.807) is 7.11 Å². The Bertz CT molecular complexity index is 1600. The van der Waals surface area contributed by atoms with Crippen molar-refractivity contribution in [1.82, 2.24) is 4.90 Å². The molecule has 0 spiro atoms. The molecule has 200 valence electrons. The minimum Gasteiger partial charge on any atom is -0.496 e. The molecule has 0 aromatic heterocycles. The smallest absolute Gasteiger partial charge is 0.141 e. The van der Waals surface area contributed by atoms with Gasteiger partial charge in [-0.25, -0.2) is 4.99 Å². The lowest BCUT2D eigenvalue weighted by Gasteiger charge is -2.61. The standard InChI is InChI=1S/C30H24Cl2N6OS/c1-39-25-5-3-2-4-24(25)26-29(14-33)16-36(22-10-6-20(31)7-11-22)17-30(26,15-34)28(40)38-19-37(18-35-27(29)38)23-12-8-21(32)9-13-23/h2-13,26H,16-19H2,1H3/t26-,29-,30-/m1/s1. The van der Waals surface area contributed by atoms with Gasteiger partial charge in [0, 0.05) is 46.0 Å². The predicted molar refractivity (Wildman–Crippen MR) is 161 cm³/mol. The molecule has 40 heavy (non-hydrogen) atoms. The van der Waals surface area contributed by atoms with Crippen molar-refractivity contribution >= 4 is 57.6 Å². The van der Waals surface area contributed by atoms with Crippen molar-refractivity contribution in [2.45, 2.75) is 5.92 Å². The summed E-state index contributed by atoms with van der Waals surface area (Å²) in [6, 6.07) is 27.8. The zero-order chi connectivity index (χ0) is 28.1. The average molecular weight is 588 g/mol. The molecule has 2 fully saturated rings.